The third-order valence-corrected chi connectivity index (χ3v) is 6.71. The summed E-state index contributed by atoms with van der Waals surface area (Å²) >= 11 is 0. The quantitative estimate of drug-likeness (QED) is 0.503. The van der Waals surface area contributed by atoms with Crippen molar-refractivity contribution in [3.05, 3.63) is 12.2 Å². The molecule has 6 atom stereocenters. The number of aliphatic hydroxyl groups is 2. The van der Waals surface area contributed by atoms with Gasteiger partial charge in [-0.2, -0.15) is 0 Å². The molecule has 3 heterocycles. The molecule has 0 radical (unpaired) electrons. The van der Waals surface area contributed by atoms with Crippen molar-refractivity contribution < 1.29 is 29.3 Å². The Labute approximate surface area is 154 Å². The Morgan fingerprint density at radius 1 is 1.12 bits per heavy atom. The summed E-state index contributed by atoms with van der Waals surface area (Å²) in [6.45, 7) is 9.02. The van der Waals surface area contributed by atoms with E-state index in [2.05, 4.69) is 6.58 Å². The third-order valence-electron chi connectivity index (χ3n) is 6.71. The molecule has 26 heavy (non-hydrogen) atoms. The molecule has 146 valence electrons. The fourth-order valence-corrected chi connectivity index (χ4v) is 4.42. The molecule has 3 fully saturated rings. The zero-order chi connectivity index (χ0) is 19.3. The molecule has 0 aromatic heterocycles. The van der Waals surface area contributed by atoms with E-state index in [-0.39, 0.29) is 24.5 Å². The Morgan fingerprint density at radius 2 is 1.81 bits per heavy atom. The SMILES string of the molecule is C=C1C(=O)O[C@]2(C)CCC1C[C@H](O)[C@@]1(C)CC[C@H](O1)[C@](C)(O)CCC2=O. The molecular formula is C20H30O6. The van der Waals surface area contributed by atoms with Gasteiger partial charge in [-0.15, -0.1) is 0 Å². The largest absolute Gasteiger partial charge is 0.448 e. The minimum absolute atomic E-state index is 0.104. The van der Waals surface area contributed by atoms with Crippen LogP contribution in [0.1, 0.15) is 65.7 Å². The zero-order valence-electron chi connectivity index (χ0n) is 15.9. The summed E-state index contributed by atoms with van der Waals surface area (Å²) in [6.07, 6.45) is 1.58. The maximum Gasteiger partial charge on any atom is 0.334 e. The van der Waals surface area contributed by atoms with Gasteiger partial charge in [0.05, 0.1) is 23.4 Å². The van der Waals surface area contributed by atoms with Crippen LogP contribution in [0.2, 0.25) is 0 Å². The molecule has 4 bridgehead atoms. The first-order valence-electron chi connectivity index (χ1n) is 9.50. The number of esters is 1. The molecule has 6 heteroatoms. The molecule has 1 unspecified atom stereocenters. The van der Waals surface area contributed by atoms with Crippen molar-refractivity contribution in [2.24, 2.45) is 5.92 Å². The second-order valence-corrected chi connectivity index (χ2v) is 8.87. The van der Waals surface area contributed by atoms with Gasteiger partial charge in [0.1, 0.15) is 0 Å². The fourth-order valence-electron chi connectivity index (χ4n) is 4.42. The van der Waals surface area contributed by atoms with Gasteiger partial charge in [0.25, 0.3) is 0 Å². The van der Waals surface area contributed by atoms with E-state index in [9.17, 15) is 19.8 Å². The van der Waals surface area contributed by atoms with Crippen LogP contribution >= 0.6 is 0 Å². The average Bonchev–Trinajstić information content (AvgIpc) is 2.95. The number of fused-ring (bicyclic) bond motifs is 5. The van der Waals surface area contributed by atoms with E-state index in [0.29, 0.717) is 37.7 Å². The lowest BCUT2D eigenvalue weighted by Gasteiger charge is -2.36. The molecule has 0 saturated carbocycles. The van der Waals surface area contributed by atoms with Gasteiger partial charge in [-0.1, -0.05) is 6.58 Å². The van der Waals surface area contributed by atoms with Crippen molar-refractivity contribution in [2.45, 2.75) is 94.7 Å². The summed E-state index contributed by atoms with van der Waals surface area (Å²) in [6, 6.07) is 0. The number of hydrogen-bond acceptors (Lipinski definition) is 6. The predicted molar refractivity (Wildman–Crippen MR) is 94.4 cm³/mol. The maximum absolute atomic E-state index is 12.8. The summed E-state index contributed by atoms with van der Waals surface area (Å²) < 4.78 is 11.6. The summed E-state index contributed by atoms with van der Waals surface area (Å²) in [5.41, 5.74) is -2.87. The van der Waals surface area contributed by atoms with E-state index >= 15 is 0 Å². The van der Waals surface area contributed by atoms with E-state index in [0.717, 1.165) is 0 Å². The fraction of sp³-hybridized carbons (Fsp3) is 0.800. The third kappa shape index (κ3) is 3.35. The molecule has 0 aromatic carbocycles. The van der Waals surface area contributed by atoms with Crippen molar-refractivity contribution in [3.8, 4) is 0 Å². The minimum Gasteiger partial charge on any atom is -0.448 e. The van der Waals surface area contributed by atoms with Gasteiger partial charge in [-0.25, -0.2) is 4.79 Å². The number of carbonyl (C=O) groups excluding carboxylic acids is 2. The molecule has 3 saturated heterocycles. The van der Waals surface area contributed by atoms with Crippen LogP contribution in [0.25, 0.3) is 0 Å². The number of Topliss-reactive ketones (excluding diaryl/α,β-unsaturated/α-hetero) is 1. The van der Waals surface area contributed by atoms with Crippen LogP contribution in [0.4, 0.5) is 0 Å². The Balaban J connectivity index is 1.97. The normalized spacial score (nSPS) is 47.6. The number of rotatable bonds is 0. The molecule has 0 aliphatic carbocycles. The van der Waals surface area contributed by atoms with Crippen LogP contribution in [0.15, 0.2) is 12.2 Å². The van der Waals surface area contributed by atoms with Gasteiger partial charge in [0.15, 0.2) is 11.4 Å². The van der Waals surface area contributed by atoms with Crippen LogP contribution in [-0.4, -0.2) is 51.0 Å². The molecular weight excluding hydrogens is 336 g/mol. The summed E-state index contributed by atoms with van der Waals surface area (Å²) in [7, 11) is 0. The molecule has 2 N–H and O–H groups in total. The molecule has 0 spiro atoms. The zero-order valence-corrected chi connectivity index (χ0v) is 15.9. The Kier molecular flexibility index (Phi) is 4.83. The lowest BCUT2D eigenvalue weighted by molar-refractivity contribution is -0.169. The van der Waals surface area contributed by atoms with E-state index in [1.54, 1.807) is 13.8 Å². The first kappa shape index (κ1) is 19.5. The number of ether oxygens (including phenoxy) is 2. The summed E-state index contributed by atoms with van der Waals surface area (Å²) in [5, 5.41) is 21.7. The van der Waals surface area contributed by atoms with Gasteiger partial charge in [0, 0.05) is 12.0 Å². The Hall–Kier alpha value is -1.24. The van der Waals surface area contributed by atoms with Gasteiger partial charge >= 0.3 is 5.97 Å². The summed E-state index contributed by atoms with van der Waals surface area (Å²) in [5.74, 6) is -1.03. The molecule has 3 aliphatic heterocycles. The summed E-state index contributed by atoms with van der Waals surface area (Å²) in [4.78, 5) is 25.2. The topological polar surface area (TPSA) is 93.1 Å². The number of ketones is 1. The lowest BCUT2D eigenvalue weighted by Crippen LogP contribution is -2.46. The number of carbonyl (C=O) groups is 2. The van der Waals surface area contributed by atoms with Crippen molar-refractivity contribution in [1.29, 1.82) is 0 Å². The van der Waals surface area contributed by atoms with Crippen LogP contribution in [0, 0.1) is 5.92 Å². The van der Waals surface area contributed by atoms with Gasteiger partial charge < -0.3 is 19.7 Å². The van der Waals surface area contributed by atoms with E-state index in [1.165, 1.54) is 0 Å². The van der Waals surface area contributed by atoms with Gasteiger partial charge in [-0.3, -0.25) is 4.79 Å². The van der Waals surface area contributed by atoms with Crippen LogP contribution in [-0.2, 0) is 19.1 Å². The van der Waals surface area contributed by atoms with Crippen LogP contribution < -0.4 is 0 Å². The Morgan fingerprint density at radius 3 is 2.50 bits per heavy atom. The van der Waals surface area contributed by atoms with Crippen molar-refractivity contribution >= 4 is 11.8 Å². The van der Waals surface area contributed by atoms with E-state index < -0.39 is 35.0 Å². The maximum atomic E-state index is 12.8. The van der Waals surface area contributed by atoms with E-state index in [1.807, 2.05) is 6.92 Å². The van der Waals surface area contributed by atoms with Gasteiger partial charge in [0.2, 0.25) is 0 Å². The highest BCUT2D eigenvalue weighted by Gasteiger charge is 2.50. The molecule has 0 amide bonds. The highest BCUT2D eigenvalue weighted by atomic mass is 16.6. The standard InChI is InChI=1S/C20H30O6/c1-12-13-5-9-19(3,26-17(12)23)14(21)6-8-18(2,24)16-7-10-20(4,25-16)15(22)11-13/h13,15-16,22,24H,1,5-11H2,2-4H3/t13?,15-,16-,18+,19+,20+/m0/s1. The van der Waals surface area contributed by atoms with Gasteiger partial charge in [-0.05, 0) is 65.2 Å². The average molecular weight is 366 g/mol. The minimum atomic E-state index is -1.21. The Bertz CT molecular complexity index is 626. The second-order valence-electron chi connectivity index (χ2n) is 8.87. The highest BCUT2D eigenvalue weighted by molar-refractivity contribution is 5.94. The molecule has 6 nitrogen and oxygen atoms in total. The first-order valence-corrected chi connectivity index (χ1v) is 9.50. The second kappa shape index (κ2) is 6.43. The first-order chi connectivity index (χ1) is 12.0. The monoisotopic (exact) mass is 366 g/mol. The van der Waals surface area contributed by atoms with Crippen molar-refractivity contribution in [1.82, 2.24) is 0 Å². The van der Waals surface area contributed by atoms with Crippen LogP contribution in [0.5, 0.6) is 0 Å². The molecule has 0 aromatic rings. The number of aliphatic hydroxyl groups excluding tert-OH is 1. The highest BCUT2D eigenvalue weighted by Crippen LogP contribution is 2.43. The predicted octanol–water partition coefficient (Wildman–Crippen LogP) is 2.06. The lowest BCUT2D eigenvalue weighted by atomic mass is 9.80. The van der Waals surface area contributed by atoms with Crippen LogP contribution in [0.3, 0.4) is 0 Å². The van der Waals surface area contributed by atoms with Crippen molar-refractivity contribution in [2.75, 3.05) is 0 Å². The molecule has 3 rings (SSSR count). The van der Waals surface area contributed by atoms with Crippen molar-refractivity contribution in [3.63, 3.8) is 0 Å². The smallest absolute Gasteiger partial charge is 0.334 e. The van der Waals surface area contributed by atoms with E-state index in [4.69, 9.17) is 9.47 Å². The molecule has 3 aliphatic rings. The number of hydrogen-bond donors (Lipinski definition) is 2.